The maximum absolute atomic E-state index is 11.1. The van der Waals surface area contributed by atoms with E-state index in [1.165, 1.54) is 5.56 Å². The molecule has 0 atom stereocenters. The van der Waals surface area contributed by atoms with Gasteiger partial charge in [-0.15, -0.1) is 34.9 Å². The standard InChI is InChI=1S/C40H42N3O.Pt/c1-24(2)43-34-14-10-13-31(37(34)42-38(43)33-22-29(39(4,5)6)15-16-35(33)44)27-18-25(3)19-28(20-27)32-23-30(40(7,8)9)21-26-12-11-17-41-36(26)32;/h10-19,21-24,44H,1-9H3;/q-1;. The number of phenolic OH excluding ortho intramolecular Hbond substituents is 1. The molecule has 45 heavy (non-hydrogen) atoms. The van der Waals surface area contributed by atoms with Crippen LogP contribution < -0.4 is 0 Å². The second-order valence-electron chi connectivity index (χ2n) is 14.4. The molecule has 0 aliphatic carbocycles. The first-order valence-electron chi connectivity index (χ1n) is 15.5. The van der Waals surface area contributed by atoms with E-state index < -0.39 is 0 Å². The third-order valence-electron chi connectivity index (χ3n) is 8.50. The fraction of sp³-hybridized carbons (Fsp3) is 0.300. The van der Waals surface area contributed by atoms with Gasteiger partial charge in [0.2, 0.25) is 0 Å². The number of pyridine rings is 1. The average molecular weight is 776 g/mol. The van der Waals surface area contributed by atoms with Gasteiger partial charge in [-0.2, -0.15) is 0 Å². The molecule has 0 saturated carbocycles. The van der Waals surface area contributed by atoms with Crippen LogP contribution in [0.3, 0.4) is 0 Å². The van der Waals surface area contributed by atoms with Gasteiger partial charge in [-0.3, -0.25) is 4.98 Å². The zero-order valence-corrected chi connectivity index (χ0v) is 30.0. The Morgan fingerprint density at radius 3 is 2.07 bits per heavy atom. The summed E-state index contributed by atoms with van der Waals surface area (Å²) in [5.41, 5.74) is 11.3. The van der Waals surface area contributed by atoms with Gasteiger partial charge in [-0.1, -0.05) is 96.0 Å². The van der Waals surface area contributed by atoms with Crippen LogP contribution in [-0.2, 0) is 31.9 Å². The topological polar surface area (TPSA) is 50.9 Å². The molecule has 0 aliphatic heterocycles. The van der Waals surface area contributed by atoms with E-state index in [-0.39, 0.29) is 43.7 Å². The van der Waals surface area contributed by atoms with Gasteiger partial charge < -0.3 is 9.67 Å². The monoisotopic (exact) mass is 775 g/mol. The van der Waals surface area contributed by atoms with Crippen molar-refractivity contribution in [3.63, 3.8) is 0 Å². The van der Waals surface area contributed by atoms with Crippen LogP contribution in [0.25, 0.3) is 55.6 Å². The minimum Gasteiger partial charge on any atom is -0.507 e. The van der Waals surface area contributed by atoms with E-state index in [2.05, 4.69) is 128 Å². The maximum Gasteiger partial charge on any atom is 0.144 e. The molecule has 1 N–H and O–H groups in total. The summed E-state index contributed by atoms with van der Waals surface area (Å²) in [7, 11) is 0. The Morgan fingerprint density at radius 1 is 0.733 bits per heavy atom. The number of aromatic nitrogens is 3. The van der Waals surface area contributed by atoms with Crippen molar-refractivity contribution < 1.29 is 26.2 Å². The SMILES string of the molecule is Cc1cc(-c2cc(C(C)(C)C)cc3cccnc23)[c-]c(-c2cccc3c2nc(-c2cc(C(C)(C)C)ccc2O)n3C(C)C)c1.[Pt]. The van der Waals surface area contributed by atoms with Crippen LogP contribution in [0.1, 0.15) is 78.1 Å². The predicted octanol–water partition coefficient (Wildman–Crippen LogP) is 10.6. The molecule has 4 aromatic carbocycles. The predicted molar refractivity (Wildman–Crippen MR) is 184 cm³/mol. The summed E-state index contributed by atoms with van der Waals surface area (Å²) in [6, 6.07) is 29.2. The molecule has 0 amide bonds. The van der Waals surface area contributed by atoms with Gasteiger partial charge in [0, 0.05) is 38.8 Å². The van der Waals surface area contributed by atoms with Crippen LogP contribution in [0.2, 0.25) is 0 Å². The largest absolute Gasteiger partial charge is 0.507 e. The van der Waals surface area contributed by atoms with Crippen molar-refractivity contribution >= 4 is 21.9 Å². The minimum absolute atomic E-state index is 0. The Balaban J connectivity index is 0.00000400. The fourth-order valence-corrected chi connectivity index (χ4v) is 6.06. The summed E-state index contributed by atoms with van der Waals surface area (Å²) in [5, 5.41) is 12.2. The van der Waals surface area contributed by atoms with E-state index in [1.807, 2.05) is 18.3 Å². The molecule has 0 saturated heterocycles. The number of nitrogens with zero attached hydrogens (tertiary/aromatic N) is 3. The quantitative estimate of drug-likeness (QED) is 0.182. The summed E-state index contributed by atoms with van der Waals surface area (Å²) in [5.74, 6) is 1.01. The minimum atomic E-state index is -0.0570. The van der Waals surface area contributed by atoms with Crippen LogP contribution in [0.4, 0.5) is 0 Å². The number of imidazole rings is 1. The first-order chi connectivity index (χ1) is 20.7. The van der Waals surface area contributed by atoms with Crippen molar-refractivity contribution in [1.82, 2.24) is 14.5 Å². The van der Waals surface area contributed by atoms with Crippen LogP contribution in [-0.4, -0.2) is 19.6 Å². The summed E-state index contributed by atoms with van der Waals surface area (Å²) in [6.45, 7) is 19.8. The molecule has 0 spiro atoms. The Hall–Kier alpha value is -3.75. The molecule has 6 aromatic rings. The van der Waals surface area contributed by atoms with Crippen LogP contribution >= 0.6 is 0 Å². The van der Waals surface area contributed by atoms with Gasteiger partial charge >= 0.3 is 0 Å². The van der Waals surface area contributed by atoms with Crippen molar-refractivity contribution in [3.05, 3.63) is 102 Å². The Labute approximate surface area is 281 Å². The van der Waals surface area contributed by atoms with Crippen molar-refractivity contribution in [2.24, 2.45) is 0 Å². The molecule has 2 aromatic heterocycles. The normalized spacial score (nSPS) is 12.2. The Bertz CT molecular complexity index is 2040. The molecule has 4 nitrogen and oxygen atoms in total. The Morgan fingerprint density at radius 2 is 1.40 bits per heavy atom. The first-order valence-corrected chi connectivity index (χ1v) is 15.5. The molecule has 0 unspecified atom stereocenters. The zero-order chi connectivity index (χ0) is 31.6. The van der Waals surface area contributed by atoms with Crippen molar-refractivity contribution in [2.45, 2.75) is 79.2 Å². The molecule has 0 fully saturated rings. The van der Waals surface area contributed by atoms with Gasteiger partial charge in [0.1, 0.15) is 11.6 Å². The first kappa shape index (κ1) is 32.6. The average Bonchev–Trinajstić information content (AvgIpc) is 3.35. The number of benzene rings is 4. The van der Waals surface area contributed by atoms with E-state index in [0.29, 0.717) is 0 Å². The van der Waals surface area contributed by atoms with E-state index >= 15 is 0 Å². The van der Waals surface area contributed by atoms with E-state index in [0.717, 1.165) is 66.7 Å². The summed E-state index contributed by atoms with van der Waals surface area (Å²) >= 11 is 0. The Kier molecular flexibility index (Phi) is 8.61. The zero-order valence-electron chi connectivity index (χ0n) is 27.7. The van der Waals surface area contributed by atoms with Gasteiger partial charge in [-0.05, 0) is 65.5 Å². The number of rotatable bonds is 4. The number of fused-ring (bicyclic) bond motifs is 2. The number of aromatic hydroxyl groups is 1. The number of hydrogen-bond donors (Lipinski definition) is 1. The molecule has 234 valence electrons. The molecule has 5 heteroatoms. The van der Waals surface area contributed by atoms with E-state index in [9.17, 15) is 5.11 Å². The van der Waals surface area contributed by atoms with Crippen LogP contribution in [0.5, 0.6) is 5.75 Å². The maximum atomic E-state index is 11.1. The van der Waals surface area contributed by atoms with Crippen molar-refractivity contribution in [2.75, 3.05) is 0 Å². The molecule has 0 radical (unpaired) electrons. The molecule has 0 bridgehead atoms. The molecular formula is C40H42N3OPt-. The molecular weight excluding hydrogens is 734 g/mol. The smallest absolute Gasteiger partial charge is 0.144 e. The third kappa shape index (κ3) is 6.10. The summed E-state index contributed by atoms with van der Waals surface area (Å²) < 4.78 is 2.24. The van der Waals surface area contributed by atoms with Gasteiger partial charge in [-0.25, -0.2) is 4.98 Å². The third-order valence-corrected chi connectivity index (χ3v) is 8.50. The van der Waals surface area contributed by atoms with Gasteiger partial charge in [0.25, 0.3) is 0 Å². The fourth-order valence-electron chi connectivity index (χ4n) is 6.06. The van der Waals surface area contributed by atoms with Crippen molar-refractivity contribution in [3.8, 4) is 39.4 Å². The molecule has 2 heterocycles. The van der Waals surface area contributed by atoms with Crippen LogP contribution in [0, 0.1) is 13.0 Å². The van der Waals surface area contributed by atoms with E-state index in [1.54, 1.807) is 6.07 Å². The summed E-state index contributed by atoms with van der Waals surface area (Å²) in [4.78, 5) is 10.1. The van der Waals surface area contributed by atoms with Crippen LogP contribution in [0.15, 0.2) is 79.0 Å². The van der Waals surface area contributed by atoms with Crippen molar-refractivity contribution in [1.29, 1.82) is 0 Å². The number of aryl methyl sites for hydroxylation is 1. The van der Waals surface area contributed by atoms with E-state index in [4.69, 9.17) is 9.97 Å². The second kappa shape index (κ2) is 11.9. The van der Waals surface area contributed by atoms with Gasteiger partial charge in [0.15, 0.2) is 0 Å². The number of phenols is 1. The molecule has 0 aliphatic rings. The second-order valence-corrected chi connectivity index (χ2v) is 14.4. The van der Waals surface area contributed by atoms with Gasteiger partial charge in [0.05, 0.1) is 16.6 Å². The molecule has 6 rings (SSSR count). The number of hydrogen-bond acceptors (Lipinski definition) is 3. The number of para-hydroxylation sites is 1. The summed E-state index contributed by atoms with van der Waals surface area (Å²) in [6.07, 6.45) is 1.87.